The lowest BCUT2D eigenvalue weighted by molar-refractivity contribution is -0.131. The number of nitrogens with zero attached hydrogens (tertiary/aromatic N) is 1. The van der Waals surface area contributed by atoms with Gasteiger partial charge >= 0.3 is 12.1 Å². The number of carboxylic acid groups (broad SMARTS) is 1. The van der Waals surface area contributed by atoms with Gasteiger partial charge in [-0.2, -0.15) is 0 Å². The normalized spacial score (nSPS) is 10.8. The van der Waals surface area contributed by atoms with Crippen molar-refractivity contribution in [1.29, 1.82) is 0 Å². The van der Waals surface area contributed by atoms with Gasteiger partial charge in [-0.25, -0.2) is 14.6 Å². The SMILES string of the molecule is CC(C)(C)OC(=O)Nc1csc(C(=O)C(=O)O)n1. The van der Waals surface area contributed by atoms with Crippen molar-refractivity contribution in [3.05, 3.63) is 10.4 Å². The molecule has 98 valence electrons. The van der Waals surface area contributed by atoms with E-state index in [1.165, 1.54) is 5.38 Å². The van der Waals surface area contributed by atoms with Crippen LogP contribution in [-0.2, 0) is 9.53 Å². The molecule has 0 radical (unpaired) electrons. The van der Waals surface area contributed by atoms with E-state index in [0.717, 1.165) is 11.3 Å². The highest BCUT2D eigenvalue weighted by Gasteiger charge is 2.21. The number of rotatable bonds is 3. The van der Waals surface area contributed by atoms with Crippen LogP contribution >= 0.6 is 11.3 Å². The second-order valence-electron chi connectivity index (χ2n) is 4.30. The average molecular weight is 272 g/mol. The fourth-order valence-corrected chi connectivity index (χ4v) is 1.62. The van der Waals surface area contributed by atoms with Crippen LogP contribution in [0, 0.1) is 0 Å². The fraction of sp³-hybridized carbons (Fsp3) is 0.400. The van der Waals surface area contributed by atoms with E-state index < -0.39 is 23.4 Å². The molecule has 1 aromatic heterocycles. The van der Waals surface area contributed by atoms with Gasteiger partial charge in [-0.05, 0) is 20.8 Å². The minimum absolute atomic E-state index is 0.0823. The molecular weight excluding hydrogens is 260 g/mol. The molecule has 0 saturated carbocycles. The zero-order chi connectivity index (χ0) is 13.9. The molecule has 7 nitrogen and oxygen atoms in total. The lowest BCUT2D eigenvalue weighted by atomic mass is 10.2. The molecular formula is C10H12N2O5S. The number of Topliss-reactive ketones (excluding diaryl/α,β-unsaturated/α-hetero) is 1. The van der Waals surface area contributed by atoms with Gasteiger partial charge in [0.1, 0.15) is 11.4 Å². The van der Waals surface area contributed by atoms with E-state index in [1.807, 2.05) is 0 Å². The van der Waals surface area contributed by atoms with Crippen LogP contribution in [0.4, 0.5) is 10.6 Å². The van der Waals surface area contributed by atoms with Crippen LogP contribution in [0.25, 0.3) is 0 Å². The summed E-state index contributed by atoms with van der Waals surface area (Å²) in [5.41, 5.74) is -0.653. The zero-order valence-corrected chi connectivity index (χ0v) is 10.8. The van der Waals surface area contributed by atoms with Crippen molar-refractivity contribution in [1.82, 2.24) is 4.98 Å². The number of carbonyl (C=O) groups is 3. The van der Waals surface area contributed by atoms with E-state index in [1.54, 1.807) is 20.8 Å². The first-order valence-electron chi connectivity index (χ1n) is 4.92. The Kier molecular flexibility index (Phi) is 4.02. The number of carbonyl (C=O) groups excluding carboxylic acids is 2. The molecule has 0 saturated heterocycles. The Balaban J connectivity index is 2.68. The summed E-state index contributed by atoms with van der Waals surface area (Å²) in [4.78, 5) is 36.5. The quantitative estimate of drug-likeness (QED) is 0.641. The molecule has 1 heterocycles. The molecule has 0 aromatic carbocycles. The van der Waals surface area contributed by atoms with Crippen molar-refractivity contribution in [2.75, 3.05) is 5.32 Å². The highest BCUT2D eigenvalue weighted by molar-refractivity contribution is 7.12. The second-order valence-corrected chi connectivity index (χ2v) is 5.16. The van der Waals surface area contributed by atoms with Crippen LogP contribution in [0.3, 0.4) is 0 Å². The number of hydrogen-bond acceptors (Lipinski definition) is 6. The topological polar surface area (TPSA) is 106 Å². The first kappa shape index (κ1) is 14.1. The molecule has 0 aliphatic heterocycles. The van der Waals surface area contributed by atoms with Gasteiger partial charge in [0.2, 0.25) is 0 Å². The van der Waals surface area contributed by atoms with Crippen LogP contribution in [0.1, 0.15) is 30.6 Å². The predicted molar refractivity (Wildman–Crippen MR) is 63.9 cm³/mol. The van der Waals surface area contributed by atoms with E-state index in [0.29, 0.717) is 0 Å². The van der Waals surface area contributed by atoms with Crippen molar-refractivity contribution in [3.8, 4) is 0 Å². The van der Waals surface area contributed by atoms with Crippen LogP contribution in [0.5, 0.6) is 0 Å². The highest BCUT2D eigenvalue weighted by Crippen LogP contribution is 2.16. The maximum absolute atomic E-state index is 11.4. The van der Waals surface area contributed by atoms with Gasteiger partial charge < -0.3 is 9.84 Å². The maximum Gasteiger partial charge on any atom is 0.413 e. The van der Waals surface area contributed by atoms with Gasteiger partial charge in [0.05, 0.1) is 0 Å². The number of carboxylic acids is 1. The number of hydrogen-bond donors (Lipinski definition) is 2. The summed E-state index contributed by atoms with van der Waals surface area (Å²) in [6, 6.07) is 0. The molecule has 0 spiro atoms. The molecule has 0 atom stereocenters. The third-order valence-electron chi connectivity index (χ3n) is 1.52. The number of aliphatic carboxylic acids is 1. The minimum atomic E-state index is -1.59. The molecule has 1 aromatic rings. The predicted octanol–water partition coefficient (Wildman–Crippen LogP) is 1.76. The van der Waals surface area contributed by atoms with E-state index >= 15 is 0 Å². The lowest BCUT2D eigenvalue weighted by Gasteiger charge is -2.18. The Labute approximate surface area is 107 Å². The average Bonchev–Trinajstić information content (AvgIpc) is 2.61. The Morgan fingerprint density at radius 2 is 2.00 bits per heavy atom. The third kappa shape index (κ3) is 4.13. The number of aromatic nitrogens is 1. The lowest BCUT2D eigenvalue weighted by Crippen LogP contribution is -2.27. The molecule has 0 aliphatic carbocycles. The largest absolute Gasteiger partial charge is 0.475 e. The van der Waals surface area contributed by atoms with E-state index in [4.69, 9.17) is 9.84 Å². The van der Waals surface area contributed by atoms with Crippen LogP contribution in [-0.4, -0.2) is 33.5 Å². The van der Waals surface area contributed by atoms with E-state index in [2.05, 4.69) is 10.3 Å². The summed E-state index contributed by atoms with van der Waals surface area (Å²) in [5.74, 6) is -2.62. The molecule has 2 N–H and O–H groups in total. The molecule has 1 rings (SSSR count). The van der Waals surface area contributed by atoms with Crippen LogP contribution in [0.2, 0.25) is 0 Å². The maximum atomic E-state index is 11.4. The van der Waals surface area contributed by atoms with Gasteiger partial charge in [-0.1, -0.05) is 0 Å². The Hall–Kier alpha value is -1.96. The fourth-order valence-electron chi connectivity index (χ4n) is 0.935. The molecule has 1 amide bonds. The Morgan fingerprint density at radius 1 is 1.39 bits per heavy atom. The molecule has 0 fully saturated rings. The second kappa shape index (κ2) is 5.13. The van der Waals surface area contributed by atoms with Gasteiger partial charge in [0.15, 0.2) is 5.01 Å². The number of thiazole rings is 1. The number of nitrogens with one attached hydrogen (secondary N) is 1. The van der Waals surface area contributed by atoms with Crippen molar-refractivity contribution >= 4 is 35.0 Å². The number of ether oxygens (including phenoxy) is 1. The van der Waals surface area contributed by atoms with E-state index in [-0.39, 0.29) is 10.8 Å². The zero-order valence-electron chi connectivity index (χ0n) is 10.0. The summed E-state index contributed by atoms with van der Waals surface area (Å²) in [7, 11) is 0. The van der Waals surface area contributed by atoms with Gasteiger partial charge in [0, 0.05) is 5.38 Å². The highest BCUT2D eigenvalue weighted by atomic mass is 32.1. The van der Waals surface area contributed by atoms with Gasteiger partial charge in [-0.3, -0.25) is 10.1 Å². The smallest absolute Gasteiger partial charge is 0.413 e. The number of amides is 1. The van der Waals surface area contributed by atoms with Crippen molar-refractivity contribution in [3.63, 3.8) is 0 Å². The summed E-state index contributed by atoms with van der Waals surface area (Å²) >= 11 is 0.834. The summed E-state index contributed by atoms with van der Waals surface area (Å²) < 4.78 is 4.97. The standard InChI is InChI=1S/C10H12N2O5S/c1-10(2,3)17-9(16)12-5-4-18-7(11-5)6(13)8(14)15/h4H,1-3H3,(H,12,16)(H,14,15). The number of anilines is 1. The number of ketones is 1. The summed E-state index contributed by atoms with van der Waals surface area (Å²) in [6.07, 6.45) is -0.720. The van der Waals surface area contributed by atoms with Gasteiger partial charge in [0.25, 0.3) is 5.78 Å². The van der Waals surface area contributed by atoms with Crippen LogP contribution in [0.15, 0.2) is 5.38 Å². The molecule has 0 aliphatic rings. The van der Waals surface area contributed by atoms with E-state index in [9.17, 15) is 14.4 Å². The molecule has 18 heavy (non-hydrogen) atoms. The van der Waals surface area contributed by atoms with Gasteiger partial charge in [-0.15, -0.1) is 11.3 Å². The first-order chi connectivity index (χ1) is 8.19. The first-order valence-corrected chi connectivity index (χ1v) is 5.80. The Morgan fingerprint density at radius 3 is 2.50 bits per heavy atom. The third-order valence-corrected chi connectivity index (χ3v) is 2.36. The van der Waals surface area contributed by atoms with Crippen molar-refractivity contribution in [2.24, 2.45) is 0 Å². The minimum Gasteiger partial charge on any atom is -0.475 e. The Bertz CT molecular complexity index is 489. The molecule has 0 bridgehead atoms. The monoisotopic (exact) mass is 272 g/mol. The van der Waals surface area contributed by atoms with Crippen molar-refractivity contribution < 1.29 is 24.2 Å². The summed E-state index contributed by atoms with van der Waals surface area (Å²) in [6.45, 7) is 5.10. The summed E-state index contributed by atoms with van der Waals surface area (Å²) in [5, 5.41) is 12.0. The van der Waals surface area contributed by atoms with Crippen LogP contribution < -0.4 is 5.32 Å². The molecule has 8 heteroatoms. The van der Waals surface area contributed by atoms with Crippen molar-refractivity contribution in [2.45, 2.75) is 26.4 Å². The molecule has 0 unspecified atom stereocenters.